The Balaban J connectivity index is 1.27. The van der Waals surface area contributed by atoms with Crippen LogP contribution in [-0.2, 0) is 29.1 Å². The van der Waals surface area contributed by atoms with Gasteiger partial charge in [-0.05, 0) is 133 Å². The van der Waals surface area contributed by atoms with Gasteiger partial charge >= 0.3 is 6.09 Å². The fraction of sp³-hybridized carbons (Fsp3) is 0.553. The van der Waals surface area contributed by atoms with Crippen LogP contribution in [0.1, 0.15) is 93.4 Å². The van der Waals surface area contributed by atoms with E-state index in [1.807, 2.05) is 57.2 Å². The number of alkyl carbamates (subject to hydrolysis) is 1. The topological polar surface area (TPSA) is 192 Å². The second-order valence-corrected chi connectivity index (χ2v) is 21.0. The minimum Gasteiger partial charge on any atom is -0.494 e. The molecule has 2 aromatic carbocycles. The molecule has 3 heterocycles. The Bertz CT molecular complexity index is 2420. The number of nitrogens with one attached hydrogen (secondary N) is 3. The molecule has 2 saturated carbocycles. The van der Waals surface area contributed by atoms with E-state index in [1.165, 1.54) is 24.1 Å². The third-order valence-electron chi connectivity index (χ3n) is 12.2. The number of methoxy groups -OCH3 is 1. The number of carbonyl (C=O) groups is 4. The second-order valence-electron chi connectivity index (χ2n) is 19.1. The van der Waals surface area contributed by atoms with Crippen molar-refractivity contribution in [1.29, 1.82) is 0 Å². The molecular weight excluding hydrogens is 846 g/mol. The number of pyridine rings is 1. The van der Waals surface area contributed by atoms with E-state index < -0.39 is 86.1 Å². The van der Waals surface area contributed by atoms with Gasteiger partial charge < -0.3 is 34.5 Å². The molecule has 3 N–H and O–H groups in total. The molecule has 17 heteroatoms. The van der Waals surface area contributed by atoms with E-state index >= 15 is 9.18 Å². The first kappa shape index (κ1) is 46.5. The molecule has 2 aliphatic carbocycles. The van der Waals surface area contributed by atoms with Crippen LogP contribution in [0.4, 0.5) is 9.18 Å². The Hall–Kier alpha value is -5.45. The van der Waals surface area contributed by atoms with Crippen molar-refractivity contribution in [3.63, 3.8) is 0 Å². The largest absolute Gasteiger partial charge is 0.494 e. The molecule has 4 aliphatic rings. The zero-order valence-corrected chi connectivity index (χ0v) is 38.6. The molecule has 15 nitrogen and oxygen atoms in total. The maximum atomic E-state index is 15.4. The van der Waals surface area contributed by atoms with Gasteiger partial charge in [0.2, 0.25) is 27.7 Å². The first-order chi connectivity index (χ1) is 30.2. The summed E-state index contributed by atoms with van der Waals surface area (Å²) in [7, 11) is -2.60. The highest BCUT2D eigenvalue weighted by molar-refractivity contribution is 7.91. The summed E-state index contributed by atoms with van der Waals surface area (Å²) in [6.45, 7) is 12.8. The first-order valence-electron chi connectivity index (χ1n) is 22.1. The number of rotatable bonds is 10. The maximum absolute atomic E-state index is 15.4. The van der Waals surface area contributed by atoms with Gasteiger partial charge in [-0.15, -0.1) is 0 Å². The van der Waals surface area contributed by atoms with Crippen LogP contribution in [0.15, 0.2) is 54.6 Å². The van der Waals surface area contributed by atoms with Crippen LogP contribution in [-0.4, -0.2) is 96.5 Å². The van der Waals surface area contributed by atoms with Gasteiger partial charge in [-0.3, -0.25) is 19.1 Å². The van der Waals surface area contributed by atoms with Crippen molar-refractivity contribution in [3.8, 4) is 28.6 Å². The predicted octanol–water partition coefficient (Wildman–Crippen LogP) is 6.57. The lowest BCUT2D eigenvalue weighted by molar-refractivity contribution is -0.142. The minimum absolute atomic E-state index is 0.00778. The molecule has 1 saturated heterocycles. The van der Waals surface area contributed by atoms with Crippen molar-refractivity contribution in [2.75, 3.05) is 13.7 Å². The smallest absolute Gasteiger partial charge is 0.408 e. The summed E-state index contributed by atoms with van der Waals surface area (Å²) in [6.07, 6.45) is 4.89. The van der Waals surface area contributed by atoms with Crippen LogP contribution in [0, 0.1) is 23.6 Å². The number of halogens is 1. The average Bonchev–Trinajstić information content (AvgIpc) is 4.14. The number of allylic oxidation sites excluding steroid dienone is 1. The van der Waals surface area contributed by atoms with E-state index in [1.54, 1.807) is 26.8 Å². The molecule has 346 valence electrons. The van der Waals surface area contributed by atoms with Gasteiger partial charge in [0, 0.05) is 23.3 Å². The number of carbonyl (C=O) groups excluding carboxylic acids is 4. The van der Waals surface area contributed by atoms with Crippen molar-refractivity contribution in [3.05, 3.63) is 60.4 Å². The van der Waals surface area contributed by atoms with Gasteiger partial charge in [0.25, 0.3) is 5.91 Å². The fourth-order valence-corrected chi connectivity index (χ4v) is 10.0. The normalized spacial score (nSPS) is 27.0. The first-order valence-corrected chi connectivity index (χ1v) is 23.7. The van der Waals surface area contributed by atoms with Crippen LogP contribution in [0.25, 0.3) is 22.0 Å². The monoisotopic (exact) mass is 905 g/mol. The van der Waals surface area contributed by atoms with Crippen LogP contribution < -0.4 is 29.6 Å². The summed E-state index contributed by atoms with van der Waals surface area (Å²) in [4.78, 5) is 63.2. The molecule has 0 radical (unpaired) electrons. The number of hydrogen-bond donors (Lipinski definition) is 3. The van der Waals surface area contributed by atoms with Gasteiger partial charge in [-0.1, -0.05) is 26.0 Å². The van der Waals surface area contributed by atoms with Crippen molar-refractivity contribution >= 4 is 44.6 Å². The molecule has 0 bridgehead atoms. The number of ether oxygens (including phenoxy) is 4. The Labute approximate surface area is 374 Å². The van der Waals surface area contributed by atoms with Gasteiger partial charge in [-0.2, -0.15) is 0 Å². The van der Waals surface area contributed by atoms with Crippen LogP contribution in [0.2, 0.25) is 0 Å². The van der Waals surface area contributed by atoms with Gasteiger partial charge in [0.15, 0.2) is 11.6 Å². The Kier molecular flexibility index (Phi) is 13.2. The number of aromatic nitrogens is 1. The van der Waals surface area contributed by atoms with Crippen molar-refractivity contribution in [2.24, 2.45) is 17.8 Å². The second kappa shape index (κ2) is 18.2. The lowest BCUT2D eigenvalue weighted by Crippen LogP contribution is -2.59. The molecule has 2 aliphatic heterocycles. The lowest BCUT2D eigenvalue weighted by Gasteiger charge is -2.33. The third kappa shape index (κ3) is 10.6. The molecule has 7 rings (SSSR count). The molecule has 0 spiro atoms. The maximum Gasteiger partial charge on any atom is 0.408 e. The summed E-state index contributed by atoms with van der Waals surface area (Å²) in [5.41, 5.74) is -1.26. The zero-order chi connectivity index (χ0) is 46.3. The van der Waals surface area contributed by atoms with Gasteiger partial charge in [-0.25, -0.2) is 22.6 Å². The molecule has 1 aromatic heterocycles. The van der Waals surface area contributed by atoms with E-state index in [2.05, 4.69) is 22.3 Å². The SMILES string of the molecule is COc1cc2cc(-c3ccc(OC(C)C)cc3)nc(O[C@@H]3C[C@H]4C(=O)N[C@]5(C(=O)NS(=O)(=O)C6CC6)C[C@H]5/C=C\CC[C@H](C)C[C@@H](C)[C@H](NC(=O)OC(C)(C)C)C(=O)N4C3)c2cc1F. The van der Waals surface area contributed by atoms with E-state index in [0.717, 1.165) is 6.42 Å². The number of benzene rings is 2. The summed E-state index contributed by atoms with van der Waals surface area (Å²) in [5.74, 6) is -2.86. The molecular formula is C47H60FN5O10S. The molecule has 7 atom stereocenters. The highest BCUT2D eigenvalue weighted by Crippen LogP contribution is 2.46. The Morgan fingerprint density at radius 3 is 2.41 bits per heavy atom. The van der Waals surface area contributed by atoms with Crippen molar-refractivity contribution < 1.29 is 50.9 Å². The Morgan fingerprint density at radius 1 is 1.03 bits per heavy atom. The number of hydrogen-bond acceptors (Lipinski definition) is 11. The van der Waals surface area contributed by atoms with Crippen molar-refractivity contribution in [2.45, 2.75) is 134 Å². The summed E-state index contributed by atoms with van der Waals surface area (Å²) < 4.78 is 67.0. The number of fused-ring (bicyclic) bond motifs is 3. The molecule has 3 aromatic rings. The molecule has 0 unspecified atom stereocenters. The lowest BCUT2D eigenvalue weighted by atomic mass is 9.88. The molecule has 4 amide bonds. The van der Waals surface area contributed by atoms with E-state index in [9.17, 15) is 22.8 Å². The molecule has 3 fully saturated rings. The fourth-order valence-electron chi connectivity index (χ4n) is 8.68. The highest BCUT2D eigenvalue weighted by Gasteiger charge is 2.62. The molecule has 64 heavy (non-hydrogen) atoms. The Morgan fingerprint density at radius 2 is 1.75 bits per heavy atom. The number of sulfonamides is 1. The number of amides is 4. The van der Waals surface area contributed by atoms with Crippen LogP contribution >= 0.6 is 0 Å². The van der Waals surface area contributed by atoms with Gasteiger partial charge in [0.05, 0.1) is 30.7 Å². The third-order valence-corrected chi connectivity index (χ3v) is 14.0. The van der Waals surface area contributed by atoms with Crippen LogP contribution in [0.3, 0.4) is 0 Å². The van der Waals surface area contributed by atoms with Crippen LogP contribution in [0.5, 0.6) is 17.4 Å². The zero-order valence-electron chi connectivity index (χ0n) is 37.7. The van der Waals surface area contributed by atoms with E-state index in [-0.39, 0.29) is 43.0 Å². The minimum atomic E-state index is -3.96. The average molecular weight is 906 g/mol. The predicted molar refractivity (Wildman–Crippen MR) is 238 cm³/mol. The summed E-state index contributed by atoms with van der Waals surface area (Å²) >= 11 is 0. The van der Waals surface area contributed by atoms with E-state index in [0.29, 0.717) is 53.5 Å². The van der Waals surface area contributed by atoms with Crippen molar-refractivity contribution in [1.82, 2.24) is 25.2 Å². The standard InChI is InChI=1S/C47H60FN5O10S/c1-26(2)61-32-15-13-29(14-16-32)37-20-30-21-39(60-8)36(48)23-35(30)42(49-37)62-33-22-38-41(54)51-47(44(56)52-64(58,59)34-17-18-34)24-31(47)12-10-9-11-27(3)19-28(4)40(43(55)53(38)25-33)50-45(57)63-46(5,6)7/h10,12-16,20-21,23,26-28,31,33-34,38,40H,9,11,17-19,22,24-25H2,1-8H3,(H,50,57)(H,51,54)(H,52,56)/b12-10-/t27-,28+,31+,33+,38-,40-,47+/m0/s1. The summed E-state index contributed by atoms with van der Waals surface area (Å²) in [6, 6.07) is 9.52. The number of nitrogens with zero attached hydrogens (tertiary/aromatic N) is 2. The van der Waals surface area contributed by atoms with E-state index in [4.69, 9.17) is 23.9 Å². The quantitative estimate of drug-likeness (QED) is 0.187. The van der Waals surface area contributed by atoms with Gasteiger partial charge in [0.1, 0.15) is 35.1 Å². The highest BCUT2D eigenvalue weighted by atomic mass is 32.2. The summed E-state index contributed by atoms with van der Waals surface area (Å²) in [5, 5.41) is 5.87.